The summed E-state index contributed by atoms with van der Waals surface area (Å²) in [6.45, 7) is 1.56. The van der Waals surface area contributed by atoms with E-state index in [4.69, 9.17) is 10.2 Å². The van der Waals surface area contributed by atoms with E-state index in [2.05, 4.69) is 0 Å². The highest BCUT2D eigenvalue weighted by molar-refractivity contribution is 5.98. The average molecular weight is 184 g/mol. The number of hydrogen-bond donors (Lipinski definition) is 2. The first-order valence-electron chi connectivity index (χ1n) is 3.81. The van der Waals surface area contributed by atoms with Crippen LogP contribution in [0.2, 0.25) is 0 Å². The fraction of sp³-hybridized carbons (Fsp3) is 0.222. The van der Waals surface area contributed by atoms with Crippen molar-refractivity contribution in [3.8, 4) is 11.5 Å². The summed E-state index contributed by atoms with van der Waals surface area (Å²) >= 11 is 0. The Hall–Kier alpha value is -1.58. The second kappa shape index (κ2) is 3.43. The Bertz CT molecular complexity index is 324. The Morgan fingerprint density at radius 1 is 1.46 bits per heavy atom. The lowest BCUT2D eigenvalue weighted by molar-refractivity contribution is 0.0981. The van der Waals surface area contributed by atoms with Gasteiger partial charge in [0.25, 0.3) is 0 Å². The number of aromatic hydroxyl groups is 2. The summed E-state index contributed by atoms with van der Waals surface area (Å²) in [5.41, 5.74) is -0.361. The summed E-state index contributed by atoms with van der Waals surface area (Å²) < 4.78 is 13.0. The number of ketones is 1. The highest BCUT2D eigenvalue weighted by Gasteiger charge is 2.16. The molecule has 1 rings (SSSR count). The van der Waals surface area contributed by atoms with Gasteiger partial charge in [0.2, 0.25) is 0 Å². The van der Waals surface area contributed by atoms with Crippen molar-refractivity contribution in [1.82, 2.24) is 0 Å². The third-order valence-electron chi connectivity index (χ3n) is 1.65. The van der Waals surface area contributed by atoms with E-state index in [0.29, 0.717) is 0 Å². The highest BCUT2D eigenvalue weighted by Crippen LogP contribution is 2.26. The highest BCUT2D eigenvalue weighted by atomic mass is 19.1. The van der Waals surface area contributed by atoms with Crippen LogP contribution >= 0.6 is 0 Å². The van der Waals surface area contributed by atoms with E-state index in [1.54, 1.807) is 6.92 Å². The summed E-state index contributed by atoms with van der Waals surface area (Å²) in [4.78, 5) is 11.1. The van der Waals surface area contributed by atoms with Crippen LogP contribution in [0.15, 0.2) is 12.1 Å². The molecule has 0 spiro atoms. The van der Waals surface area contributed by atoms with Crippen molar-refractivity contribution in [2.75, 3.05) is 0 Å². The maximum absolute atomic E-state index is 13.0. The minimum absolute atomic E-state index is 0.106. The van der Waals surface area contributed by atoms with E-state index < -0.39 is 23.1 Å². The molecular weight excluding hydrogens is 175 g/mol. The monoisotopic (exact) mass is 184 g/mol. The van der Waals surface area contributed by atoms with Gasteiger partial charge in [-0.3, -0.25) is 4.79 Å². The third-order valence-corrected chi connectivity index (χ3v) is 1.65. The number of phenols is 2. The van der Waals surface area contributed by atoms with Gasteiger partial charge in [-0.2, -0.15) is 0 Å². The Morgan fingerprint density at radius 3 is 2.54 bits per heavy atom. The minimum atomic E-state index is -0.899. The van der Waals surface area contributed by atoms with E-state index >= 15 is 0 Å². The summed E-state index contributed by atoms with van der Waals surface area (Å²) in [5.74, 6) is -2.31. The van der Waals surface area contributed by atoms with Crippen molar-refractivity contribution in [2.24, 2.45) is 0 Å². The number of benzene rings is 1. The molecule has 1 aromatic carbocycles. The number of rotatable bonds is 2. The largest absolute Gasteiger partial charge is 0.508 e. The molecule has 0 saturated heterocycles. The number of halogens is 1. The molecule has 0 bridgehead atoms. The van der Waals surface area contributed by atoms with E-state index in [1.807, 2.05) is 0 Å². The van der Waals surface area contributed by atoms with Crippen molar-refractivity contribution in [3.63, 3.8) is 0 Å². The first kappa shape index (κ1) is 9.51. The third kappa shape index (κ3) is 1.77. The second-order valence-corrected chi connectivity index (χ2v) is 2.60. The zero-order valence-electron chi connectivity index (χ0n) is 7.04. The molecule has 4 heteroatoms. The van der Waals surface area contributed by atoms with E-state index in [-0.39, 0.29) is 12.0 Å². The molecule has 3 nitrogen and oxygen atoms in total. The van der Waals surface area contributed by atoms with Crippen molar-refractivity contribution >= 4 is 5.78 Å². The lowest BCUT2D eigenvalue weighted by Gasteiger charge is -2.03. The molecule has 0 fully saturated rings. The van der Waals surface area contributed by atoms with E-state index in [0.717, 1.165) is 12.1 Å². The molecule has 0 amide bonds. The fourth-order valence-electron chi connectivity index (χ4n) is 1.03. The number of phenolic OH excluding ortho intramolecular Hbond substituents is 2. The van der Waals surface area contributed by atoms with Gasteiger partial charge in [-0.15, -0.1) is 0 Å². The normalized spacial score (nSPS) is 10.0. The molecular formula is C9H9FO3. The van der Waals surface area contributed by atoms with Crippen LogP contribution in [0.5, 0.6) is 11.5 Å². The molecule has 2 N–H and O–H groups in total. The van der Waals surface area contributed by atoms with Crippen LogP contribution in [0.3, 0.4) is 0 Å². The summed E-state index contributed by atoms with van der Waals surface area (Å²) in [6.07, 6.45) is 0.106. The fourth-order valence-corrected chi connectivity index (χ4v) is 1.03. The van der Waals surface area contributed by atoms with Gasteiger partial charge in [-0.25, -0.2) is 4.39 Å². The van der Waals surface area contributed by atoms with Crippen LogP contribution in [0.25, 0.3) is 0 Å². The van der Waals surface area contributed by atoms with Crippen LogP contribution in [0, 0.1) is 5.82 Å². The minimum Gasteiger partial charge on any atom is -0.508 e. The van der Waals surface area contributed by atoms with Crippen LogP contribution in [0.1, 0.15) is 23.7 Å². The van der Waals surface area contributed by atoms with Crippen molar-refractivity contribution in [3.05, 3.63) is 23.5 Å². The predicted molar refractivity (Wildman–Crippen MR) is 44.4 cm³/mol. The van der Waals surface area contributed by atoms with Crippen molar-refractivity contribution in [1.29, 1.82) is 0 Å². The van der Waals surface area contributed by atoms with Gasteiger partial charge >= 0.3 is 0 Å². The Kier molecular flexibility index (Phi) is 2.51. The number of Topliss-reactive ketones (excluding diaryl/α,β-unsaturated/α-hetero) is 1. The van der Waals surface area contributed by atoms with Crippen LogP contribution in [0.4, 0.5) is 4.39 Å². The first-order valence-corrected chi connectivity index (χ1v) is 3.81. The summed E-state index contributed by atoms with van der Waals surface area (Å²) in [7, 11) is 0. The first-order chi connectivity index (χ1) is 6.06. The van der Waals surface area contributed by atoms with Crippen molar-refractivity contribution < 1.29 is 19.4 Å². The molecule has 13 heavy (non-hydrogen) atoms. The smallest absolute Gasteiger partial charge is 0.169 e. The molecule has 0 aliphatic carbocycles. The zero-order valence-corrected chi connectivity index (χ0v) is 7.04. The summed E-state index contributed by atoms with van der Waals surface area (Å²) in [5, 5.41) is 18.0. The Morgan fingerprint density at radius 2 is 2.08 bits per heavy atom. The average Bonchev–Trinajstić information content (AvgIpc) is 2.02. The van der Waals surface area contributed by atoms with Gasteiger partial charge in [0, 0.05) is 18.6 Å². The molecule has 0 heterocycles. The molecule has 70 valence electrons. The molecule has 1 aromatic rings. The number of carbonyl (C=O) groups is 1. The standard InChI is InChI=1S/C9H9FO3/c1-2-7(12)9-6(10)3-5(11)4-8(9)13/h3-4,11,13H,2H2,1H3. The van der Waals surface area contributed by atoms with Gasteiger partial charge < -0.3 is 10.2 Å². The lowest BCUT2D eigenvalue weighted by Crippen LogP contribution is -2.00. The Balaban J connectivity index is 3.28. The van der Waals surface area contributed by atoms with E-state index in [9.17, 15) is 9.18 Å². The maximum atomic E-state index is 13.0. The topological polar surface area (TPSA) is 57.5 Å². The molecule has 0 unspecified atom stereocenters. The van der Waals surface area contributed by atoms with Crippen molar-refractivity contribution in [2.45, 2.75) is 13.3 Å². The van der Waals surface area contributed by atoms with Gasteiger partial charge in [-0.05, 0) is 0 Å². The van der Waals surface area contributed by atoms with Gasteiger partial charge in [0.05, 0.1) is 5.56 Å². The van der Waals surface area contributed by atoms with Crippen LogP contribution < -0.4 is 0 Å². The summed E-state index contributed by atoms with van der Waals surface area (Å²) in [6, 6.07) is 1.73. The van der Waals surface area contributed by atoms with E-state index in [1.165, 1.54) is 0 Å². The van der Waals surface area contributed by atoms with Crippen LogP contribution in [-0.2, 0) is 0 Å². The maximum Gasteiger partial charge on any atom is 0.169 e. The Labute approximate surface area is 74.4 Å². The SMILES string of the molecule is CCC(=O)c1c(O)cc(O)cc1F. The predicted octanol–water partition coefficient (Wildman–Crippen LogP) is 1.83. The quantitative estimate of drug-likeness (QED) is 0.689. The molecule has 0 aliphatic rings. The second-order valence-electron chi connectivity index (χ2n) is 2.60. The molecule has 0 radical (unpaired) electrons. The lowest BCUT2D eigenvalue weighted by atomic mass is 10.1. The van der Waals surface area contributed by atoms with Gasteiger partial charge in [0.15, 0.2) is 5.78 Å². The molecule has 0 aromatic heterocycles. The zero-order chi connectivity index (χ0) is 10.0. The molecule has 0 aliphatic heterocycles. The van der Waals surface area contributed by atoms with Gasteiger partial charge in [0.1, 0.15) is 17.3 Å². The molecule has 0 atom stereocenters. The number of carbonyl (C=O) groups excluding carboxylic acids is 1. The van der Waals surface area contributed by atoms with Gasteiger partial charge in [-0.1, -0.05) is 6.92 Å². The molecule has 0 saturated carbocycles. The van der Waals surface area contributed by atoms with Crippen LogP contribution in [-0.4, -0.2) is 16.0 Å². The number of hydrogen-bond acceptors (Lipinski definition) is 3.